The lowest BCUT2D eigenvalue weighted by molar-refractivity contribution is -0.107. The van der Waals surface area contributed by atoms with E-state index in [-0.39, 0.29) is 5.12 Å². The van der Waals surface area contributed by atoms with Gasteiger partial charge in [0.05, 0.1) is 0 Å². The zero-order valence-corrected chi connectivity index (χ0v) is 14.0. The highest BCUT2D eigenvalue weighted by Gasteiger charge is 2.16. The van der Waals surface area contributed by atoms with Crippen LogP contribution < -0.4 is 0 Å². The van der Waals surface area contributed by atoms with Gasteiger partial charge >= 0.3 is 0 Å². The molecule has 2 aromatic carbocycles. The average Bonchev–Trinajstić information content (AvgIpc) is 2.57. The van der Waals surface area contributed by atoms with Gasteiger partial charge in [-0.15, -0.1) is 0 Å². The van der Waals surface area contributed by atoms with Crippen LogP contribution in [0.5, 0.6) is 0 Å². The fraction of sp³-hybridized carbons (Fsp3) is 0.200. The van der Waals surface area contributed by atoms with Crippen molar-refractivity contribution in [2.45, 2.75) is 19.8 Å². The maximum absolute atomic E-state index is 12.3. The first kappa shape index (κ1) is 17.1. The molecule has 0 saturated carbocycles. The molecule has 0 N–H and O–H groups in total. The summed E-state index contributed by atoms with van der Waals surface area (Å²) in [6.07, 6.45) is 1.24. The fourth-order valence-corrected chi connectivity index (χ4v) is 2.99. The molecule has 0 aliphatic rings. The summed E-state index contributed by atoms with van der Waals surface area (Å²) in [5, 5.41) is 9.38. The van der Waals surface area contributed by atoms with Crippen LogP contribution in [0.25, 0.3) is 0 Å². The lowest BCUT2D eigenvalue weighted by Gasteiger charge is -2.11. The summed E-state index contributed by atoms with van der Waals surface area (Å²) >= 11 is 1.19. The molecule has 0 heterocycles. The molecule has 0 aromatic heterocycles. The highest BCUT2D eigenvalue weighted by atomic mass is 32.2. The molecule has 2 rings (SSSR count). The Morgan fingerprint density at radius 2 is 1.43 bits per heavy atom. The van der Waals surface area contributed by atoms with Gasteiger partial charge in [0.15, 0.2) is 0 Å². The number of nitrogens with zero attached hydrogens (tertiary/aromatic N) is 1. The summed E-state index contributed by atoms with van der Waals surface area (Å²) in [5.41, 5.74) is 3.40. The van der Waals surface area contributed by atoms with Crippen molar-refractivity contribution < 1.29 is 4.79 Å². The van der Waals surface area contributed by atoms with E-state index in [0.717, 1.165) is 16.7 Å². The molecule has 0 aliphatic carbocycles. The zero-order valence-electron chi connectivity index (χ0n) is 13.2. The number of allylic oxidation sites excluding steroid dienone is 1. The number of hydrogen-bond acceptors (Lipinski definition) is 3. The first-order chi connectivity index (χ1) is 11.2. The average molecular weight is 321 g/mol. The van der Waals surface area contributed by atoms with Crippen molar-refractivity contribution in [1.29, 1.82) is 5.26 Å². The Balaban J connectivity index is 2.37. The van der Waals surface area contributed by atoms with Gasteiger partial charge in [0, 0.05) is 0 Å². The molecular formula is C20H19NOS. The summed E-state index contributed by atoms with van der Waals surface area (Å²) in [5.74, 6) is 0.675. The predicted molar refractivity (Wildman–Crippen MR) is 96.1 cm³/mol. The Labute approximate surface area is 141 Å². The van der Waals surface area contributed by atoms with Crippen molar-refractivity contribution >= 4 is 16.9 Å². The van der Waals surface area contributed by atoms with Crippen molar-refractivity contribution in [3.63, 3.8) is 0 Å². The molecule has 0 atom stereocenters. The van der Waals surface area contributed by atoms with Crippen LogP contribution in [-0.4, -0.2) is 10.9 Å². The van der Waals surface area contributed by atoms with Crippen LogP contribution in [0.4, 0.5) is 0 Å². The topological polar surface area (TPSA) is 40.9 Å². The van der Waals surface area contributed by atoms with Crippen molar-refractivity contribution in [3.8, 4) is 6.07 Å². The van der Waals surface area contributed by atoms with E-state index in [1.807, 2.05) is 67.6 Å². The van der Waals surface area contributed by atoms with Gasteiger partial charge in [-0.3, -0.25) is 4.79 Å². The zero-order chi connectivity index (χ0) is 16.5. The van der Waals surface area contributed by atoms with Crippen LogP contribution in [0, 0.1) is 11.3 Å². The van der Waals surface area contributed by atoms with Crippen LogP contribution in [0.2, 0.25) is 0 Å². The van der Waals surface area contributed by atoms with E-state index in [4.69, 9.17) is 0 Å². The summed E-state index contributed by atoms with van der Waals surface area (Å²) in [6.45, 7) is 1.92. The first-order valence-corrected chi connectivity index (χ1v) is 8.60. The first-order valence-electron chi connectivity index (χ1n) is 7.61. The summed E-state index contributed by atoms with van der Waals surface area (Å²) in [4.78, 5) is 12.3. The molecule has 0 bridgehead atoms. The number of thioether (sulfide) groups is 1. The second kappa shape index (κ2) is 8.97. The number of rotatable bonds is 6. The summed E-state index contributed by atoms with van der Waals surface area (Å²) in [7, 11) is 0. The van der Waals surface area contributed by atoms with Gasteiger partial charge in [-0.2, -0.15) is 5.26 Å². The van der Waals surface area contributed by atoms with E-state index in [1.54, 1.807) is 0 Å². The van der Waals surface area contributed by atoms with Gasteiger partial charge in [0.2, 0.25) is 5.12 Å². The number of carbonyl (C=O) groups excluding carboxylic acids is 1. The van der Waals surface area contributed by atoms with Gasteiger partial charge in [-0.05, 0) is 35.3 Å². The Morgan fingerprint density at radius 3 is 1.83 bits per heavy atom. The number of carbonyl (C=O) groups is 1. The molecule has 0 aliphatic heterocycles. The molecule has 2 nitrogen and oxygen atoms in total. The van der Waals surface area contributed by atoms with Crippen molar-refractivity contribution in [1.82, 2.24) is 0 Å². The highest BCUT2D eigenvalue weighted by Crippen LogP contribution is 2.21. The third-order valence-electron chi connectivity index (χ3n) is 3.47. The van der Waals surface area contributed by atoms with Gasteiger partial charge < -0.3 is 0 Å². The molecule has 0 saturated heterocycles. The molecule has 23 heavy (non-hydrogen) atoms. The second-order valence-electron chi connectivity index (χ2n) is 5.14. The Kier molecular flexibility index (Phi) is 6.65. The minimum absolute atomic E-state index is 0.128. The molecule has 116 valence electrons. The minimum Gasteiger partial charge on any atom is -0.281 e. The number of benzene rings is 2. The lowest BCUT2D eigenvalue weighted by atomic mass is 9.94. The Hall–Kier alpha value is -2.31. The van der Waals surface area contributed by atoms with Crippen LogP contribution in [0.3, 0.4) is 0 Å². The Morgan fingerprint density at radius 1 is 0.957 bits per heavy atom. The largest absolute Gasteiger partial charge is 0.281 e. The standard InChI is InChI=1S/C20H19NOS/c1-2-23-20(22)19(15-21)18(13-16-9-5-3-6-10-16)14-17-11-7-4-8-12-17/h3-12H,2,13-14H2,1H3. The summed E-state index contributed by atoms with van der Waals surface area (Å²) in [6, 6.07) is 22.1. The van der Waals surface area contributed by atoms with E-state index in [9.17, 15) is 10.1 Å². The van der Waals surface area contributed by atoms with Gasteiger partial charge in [0.1, 0.15) is 11.6 Å². The second-order valence-corrected chi connectivity index (χ2v) is 6.37. The SMILES string of the molecule is CCSC(=O)C(C#N)=C(Cc1ccccc1)Cc1ccccc1. The van der Waals surface area contributed by atoms with E-state index in [0.29, 0.717) is 24.2 Å². The normalized spacial score (nSPS) is 9.91. The van der Waals surface area contributed by atoms with Crippen LogP contribution in [0.15, 0.2) is 71.8 Å². The molecular weight excluding hydrogens is 302 g/mol. The predicted octanol–water partition coefficient (Wildman–Crippen LogP) is 4.57. The summed E-state index contributed by atoms with van der Waals surface area (Å²) < 4.78 is 0. The third-order valence-corrected chi connectivity index (χ3v) is 4.22. The van der Waals surface area contributed by atoms with Crippen molar-refractivity contribution in [2.75, 3.05) is 5.75 Å². The quantitative estimate of drug-likeness (QED) is 0.578. The maximum atomic E-state index is 12.3. The monoisotopic (exact) mass is 321 g/mol. The lowest BCUT2D eigenvalue weighted by Crippen LogP contribution is -2.06. The molecule has 0 radical (unpaired) electrons. The highest BCUT2D eigenvalue weighted by molar-refractivity contribution is 8.14. The van der Waals surface area contributed by atoms with E-state index in [1.165, 1.54) is 11.8 Å². The fourth-order valence-electron chi connectivity index (χ4n) is 2.40. The van der Waals surface area contributed by atoms with Crippen LogP contribution >= 0.6 is 11.8 Å². The molecule has 3 heteroatoms. The van der Waals surface area contributed by atoms with E-state index >= 15 is 0 Å². The smallest absolute Gasteiger partial charge is 0.229 e. The third kappa shape index (κ3) is 5.12. The van der Waals surface area contributed by atoms with E-state index < -0.39 is 0 Å². The van der Waals surface area contributed by atoms with Crippen LogP contribution in [-0.2, 0) is 17.6 Å². The number of hydrogen-bond donors (Lipinski definition) is 0. The minimum atomic E-state index is -0.128. The van der Waals surface area contributed by atoms with Gasteiger partial charge in [0.25, 0.3) is 0 Å². The van der Waals surface area contributed by atoms with Crippen LogP contribution in [0.1, 0.15) is 18.1 Å². The molecule has 0 unspecified atom stereocenters. The molecule has 0 amide bonds. The number of nitriles is 1. The van der Waals surface area contributed by atoms with Crippen molar-refractivity contribution in [3.05, 3.63) is 82.9 Å². The van der Waals surface area contributed by atoms with Crippen molar-refractivity contribution in [2.24, 2.45) is 0 Å². The van der Waals surface area contributed by atoms with Gasteiger partial charge in [-0.1, -0.05) is 79.3 Å². The Bertz CT molecular complexity index is 671. The van der Waals surface area contributed by atoms with E-state index in [2.05, 4.69) is 6.07 Å². The molecule has 0 fully saturated rings. The van der Waals surface area contributed by atoms with Gasteiger partial charge in [-0.25, -0.2) is 0 Å². The molecule has 0 spiro atoms. The molecule has 2 aromatic rings. The maximum Gasteiger partial charge on any atom is 0.229 e.